The van der Waals surface area contributed by atoms with Crippen LogP contribution in [0.1, 0.15) is 40.5 Å². The van der Waals surface area contributed by atoms with Crippen molar-refractivity contribution in [2.45, 2.75) is 46.6 Å². The molecular formula is C13H26N2O. The Balaban J connectivity index is 2.45. The van der Waals surface area contributed by atoms with Gasteiger partial charge in [-0.1, -0.05) is 27.7 Å². The second kappa shape index (κ2) is 5.67. The molecule has 1 atom stereocenters. The number of hydrogen-bond acceptors (Lipinski definition) is 2. The van der Waals surface area contributed by atoms with Crippen molar-refractivity contribution in [1.29, 1.82) is 0 Å². The summed E-state index contributed by atoms with van der Waals surface area (Å²) < 4.78 is 0. The maximum Gasteiger partial charge on any atom is 0.239 e. The van der Waals surface area contributed by atoms with Gasteiger partial charge in [0.2, 0.25) is 5.91 Å². The van der Waals surface area contributed by atoms with Gasteiger partial charge in [-0.05, 0) is 30.6 Å². The highest BCUT2D eigenvalue weighted by atomic mass is 16.2. The largest absolute Gasteiger partial charge is 0.341 e. The lowest BCUT2D eigenvalue weighted by atomic mass is 9.86. The van der Waals surface area contributed by atoms with E-state index in [9.17, 15) is 4.79 Å². The van der Waals surface area contributed by atoms with Gasteiger partial charge in [0.05, 0.1) is 6.04 Å². The van der Waals surface area contributed by atoms with Crippen molar-refractivity contribution in [2.75, 3.05) is 13.1 Å². The van der Waals surface area contributed by atoms with E-state index in [1.165, 1.54) is 0 Å². The quantitative estimate of drug-likeness (QED) is 0.798. The van der Waals surface area contributed by atoms with Gasteiger partial charge in [0, 0.05) is 13.1 Å². The van der Waals surface area contributed by atoms with Gasteiger partial charge in [-0.3, -0.25) is 4.79 Å². The second-order valence-electron chi connectivity index (χ2n) is 5.68. The summed E-state index contributed by atoms with van der Waals surface area (Å²) in [6.07, 6.45) is 2.27. The highest BCUT2D eigenvalue weighted by Crippen LogP contribution is 2.24. The number of carbonyl (C=O) groups excluding carboxylic acids is 1. The normalized spacial score (nSPS) is 20.6. The van der Waals surface area contributed by atoms with E-state index in [2.05, 4.69) is 13.8 Å². The van der Waals surface area contributed by atoms with Crippen molar-refractivity contribution in [3.63, 3.8) is 0 Å². The summed E-state index contributed by atoms with van der Waals surface area (Å²) in [4.78, 5) is 14.0. The predicted octanol–water partition coefficient (Wildman–Crippen LogP) is 1.86. The summed E-state index contributed by atoms with van der Waals surface area (Å²) in [6.45, 7) is 10.3. The number of amides is 1. The van der Waals surface area contributed by atoms with Gasteiger partial charge >= 0.3 is 0 Å². The third kappa shape index (κ3) is 3.21. The lowest BCUT2D eigenvalue weighted by molar-refractivity contribution is -0.135. The fourth-order valence-corrected chi connectivity index (χ4v) is 2.28. The van der Waals surface area contributed by atoms with Crippen LogP contribution in [0.5, 0.6) is 0 Å². The van der Waals surface area contributed by atoms with Crippen molar-refractivity contribution in [3.8, 4) is 0 Å². The Labute approximate surface area is 99.4 Å². The molecule has 0 aromatic heterocycles. The van der Waals surface area contributed by atoms with Crippen LogP contribution < -0.4 is 5.73 Å². The maximum atomic E-state index is 12.0. The fraction of sp³-hybridized carbons (Fsp3) is 0.923. The summed E-state index contributed by atoms with van der Waals surface area (Å²) in [5.41, 5.74) is 5.89. The molecule has 1 rings (SSSR count). The molecule has 3 nitrogen and oxygen atoms in total. The fourth-order valence-electron chi connectivity index (χ4n) is 2.28. The summed E-state index contributed by atoms with van der Waals surface area (Å²) in [7, 11) is 0. The molecule has 16 heavy (non-hydrogen) atoms. The summed E-state index contributed by atoms with van der Waals surface area (Å²) in [6, 6.07) is -0.324. The summed E-state index contributed by atoms with van der Waals surface area (Å²) in [5.74, 6) is 1.88. The van der Waals surface area contributed by atoms with Gasteiger partial charge in [-0.15, -0.1) is 0 Å². The number of nitrogens with two attached hydrogens (primary N) is 1. The number of nitrogens with zero attached hydrogens (tertiary/aromatic N) is 1. The van der Waals surface area contributed by atoms with Gasteiger partial charge in [0.15, 0.2) is 0 Å². The molecule has 0 spiro atoms. The molecule has 1 aliphatic heterocycles. The zero-order chi connectivity index (χ0) is 12.3. The molecule has 1 fully saturated rings. The average Bonchev–Trinajstić information content (AvgIpc) is 2.27. The van der Waals surface area contributed by atoms with Crippen molar-refractivity contribution < 1.29 is 4.79 Å². The second-order valence-corrected chi connectivity index (χ2v) is 5.68. The molecule has 0 aromatic rings. The van der Waals surface area contributed by atoms with Crippen LogP contribution in [0, 0.1) is 17.8 Å². The monoisotopic (exact) mass is 226 g/mol. The molecule has 1 heterocycles. The van der Waals surface area contributed by atoms with E-state index >= 15 is 0 Å². The highest BCUT2D eigenvalue weighted by Gasteiger charge is 2.28. The third-order valence-electron chi connectivity index (χ3n) is 3.80. The van der Waals surface area contributed by atoms with Crippen LogP contribution in [0.25, 0.3) is 0 Å². The summed E-state index contributed by atoms with van der Waals surface area (Å²) in [5, 5.41) is 0. The van der Waals surface area contributed by atoms with E-state index in [4.69, 9.17) is 5.73 Å². The molecule has 0 bridgehead atoms. The predicted molar refractivity (Wildman–Crippen MR) is 67.0 cm³/mol. The Kier molecular flexibility index (Phi) is 4.78. The van der Waals surface area contributed by atoms with Crippen molar-refractivity contribution in [1.82, 2.24) is 4.90 Å². The molecule has 0 unspecified atom stereocenters. The van der Waals surface area contributed by atoms with E-state index < -0.39 is 0 Å². The van der Waals surface area contributed by atoms with Crippen molar-refractivity contribution in [2.24, 2.45) is 23.5 Å². The first-order chi connectivity index (χ1) is 7.43. The molecule has 1 saturated heterocycles. The molecule has 0 saturated carbocycles. The first kappa shape index (κ1) is 13.5. The first-order valence-corrected chi connectivity index (χ1v) is 6.47. The van der Waals surface area contributed by atoms with Crippen LogP contribution in [-0.2, 0) is 4.79 Å². The van der Waals surface area contributed by atoms with Crippen molar-refractivity contribution >= 4 is 5.91 Å². The molecule has 0 aliphatic carbocycles. The van der Waals surface area contributed by atoms with E-state index in [-0.39, 0.29) is 17.9 Å². The number of hydrogen-bond donors (Lipinski definition) is 1. The highest BCUT2D eigenvalue weighted by molar-refractivity contribution is 5.82. The average molecular weight is 226 g/mol. The first-order valence-electron chi connectivity index (χ1n) is 6.47. The minimum atomic E-state index is -0.324. The zero-order valence-corrected chi connectivity index (χ0v) is 11.1. The number of piperidine rings is 1. The minimum absolute atomic E-state index is 0.136. The van der Waals surface area contributed by atoms with Crippen LogP contribution in [0.4, 0.5) is 0 Å². The Morgan fingerprint density at radius 2 is 1.69 bits per heavy atom. The standard InChI is InChI=1S/C13H26N2O/c1-9(2)11-5-7-15(8-6-11)13(16)12(14)10(3)4/h9-12H,5-8,14H2,1-4H3/t12-/m1/s1. The Hall–Kier alpha value is -0.570. The topological polar surface area (TPSA) is 46.3 Å². The Morgan fingerprint density at radius 1 is 1.19 bits per heavy atom. The van der Waals surface area contributed by atoms with Crippen LogP contribution >= 0.6 is 0 Å². The molecule has 94 valence electrons. The molecular weight excluding hydrogens is 200 g/mol. The van der Waals surface area contributed by atoms with Crippen LogP contribution in [0.3, 0.4) is 0 Å². The smallest absolute Gasteiger partial charge is 0.239 e. The zero-order valence-electron chi connectivity index (χ0n) is 11.1. The lowest BCUT2D eigenvalue weighted by Crippen LogP contribution is -2.49. The molecule has 0 radical (unpaired) electrons. The third-order valence-corrected chi connectivity index (χ3v) is 3.80. The van der Waals surface area contributed by atoms with Gasteiger partial charge in [0.25, 0.3) is 0 Å². The van der Waals surface area contributed by atoms with E-state index in [1.54, 1.807) is 0 Å². The lowest BCUT2D eigenvalue weighted by Gasteiger charge is -2.35. The van der Waals surface area contributed by atoms with E-state index in [0.29, 0.717) is 0 Å². The number of likely N-dealkylation sites (tertiary alicyclic amines) is 1. The van der Waals surface area contributed by atoms with Gasteiger partial charge < -0.3 is 10.6 Å². The summed E-state index contributed by atoms with van der Waals surface area (Å²) >= 11 is 0. The van der Waals surface area contributed by atoms with E-state index in [0.717, 1.165) is 37.8 Å². The maximum absolute atomic E-state index is 12.0. The molecule has 3 heteroatoms. The van der Waals surface area contributed by atoms with E-state index in [1.807, 2.05) is 18.7 Å². The number of carbonyl (C=O) groups is 1. The molecule has 2 N–H and O–H groups in total. The van der Waals surface area contributed by atoms with Crippen LogP contribution in [0.15, 0.2) is 0 Å². The van der Waals surface area contributed by atoms with Gasteiger partial charge in [-0.25, -0.2) is 0 Å². The molecule has 1 aliphatic rings. The van der Waals surface area contributed by atoms with Gasteiger partial charge in [-0.2, -0.15) is 0 Å². The minimum Gasteiger partial charge on any atom is -0.341 e. The molecule has 1 amide bonds. The SMILES string of the molecule is CC(C)C1CCN(C(=O)[C@H](N)C(C)C)CC1. The van der Waals surface area contributed by atoms with Gasteiger partial charge in [0.1, 0.15) is 0 Å². The molecule has 0 aromatic carbocycles. The van der Waals surface area contributed by atoms with Crippen LogP contribution in [0.2, 0.25) is 0 Å². The van der Waals surface area contributed by atoms with Crippen LogP contribution in [-0.4, -0.2) is 29.9 Å². The van der Waals surface area contributed by atoms with Crippen molar-refractivity contribution in [3.05, 3.63) is 0 Å². The Bertz CT molecular complexity index is 230. The Morgan fingerprint density at radius 3 is 2.06 bits per heavy atom. The number of rotatable bonds is 3.